The molecule has 8 heteroatoms. The van der Waals surface area contributed by atoms with Crippen molar-refractivity contribution >= 4 is 17.8 Å². The quantitative estimate of drug-likeness (QED) is 0.310. The summed E-state index contributed by atoms with van der Waals surface area (Å²) in [5.74, 6) is -3.30. The van der Waals surface area contributed by atoms with Crippen LogP contribution in [-0.2, 0) is 19.1 Å². The largest absolute Gasteiger partial charge is 0.479 e. The van der Waals surface area contributed by atoms with E-state index in [-0.39, 0.29) is 6.42 Å². The summed E-state index contributed by atoms with van der Waals surface area (Å²) in [7, 11) is 0. The predicted molar refractivity (Wildman–Crippen MR) is 60.3 cm³/mol. The summed E-state index contributed by atoms with van der Waals surface area (Å²) in [6, 6.07) is 0. The molecule has 0 aromatic heterocycles. The fourth-order valence-electron chi connectivity index (χ4n) is 1.18. The number of aliphatic hydroxyl groups is 1. The number of carbonyl (C=O) groups is 3. The lowest BCUT2D eigenvalue weighted by Crippen LogP contribution is -2.56. The number of esters is 1. The maximum absolute atomic E-state index is 11.5. The number of unbranched alkanes of at least 4 members (excludes halogenated alkanes) is 1. The average Bonchev–Trinajstić information content (AvgIpc) is 2.33. The normalized spacial score (nSPS) is 13.5. The molecule has 1 atom stereocenters. The van der Waals surface area contributed by atoms with Crippen molar-refractivity contribution < 1.29 is 29.3 Å². The summed E-state index contributed by atoms with van der Waals surface area (Å²) in [5.41, 5.74) is 2.83. The SMILES string of the molecule is CCCCC(O)(NC(=O)CN)C(=O)OCC(=O)O. The highest BCUT2D eigenvalue weighted by Crippen LogP contribution is 2.13. The fraction of sp³-hybridized carbons (Fsp3) is 0.700. The lowest BCUT2D eigenvalue weighted by Gasteiger charge is -2.26. The van der Waals surface area contributed by atoms with Crippen LogP contribution in [0.4, 0.5) is 0 Å². The molecule has 0 fully saturated rings. The van der Waals surface area contributed by atoms with Crippen molar-refractivity contribution in [3.63, 3.8) is 0 Å². The van der Waals surface area contributed by atoms with Crippen molar-refractivity contribution in [1.82, 2.24) is 5.32 Å². The summed E-state index contributed by atoms with van der Waals surface area (Å²) in [6.07, 6.45) is 1.05. The van der Waals surface area contributed by atoms with Gasteiger partial charge in [-0.25, -0.2) is 9.59 Å². The zero-order chi connectivity index (χ0) is 14.2. The van der Waals surface area contributed by atoms with Gasteiger partial charge in [-0.05, 0) is 6.42 Å². The molecule has 0 radical (unpaired) electrons. The first-order chi connectivity index (χ1) is 8.35. The van der Waals surface area contributed by atoms with Gasteiger partial charge in [0.15, 0.2) is 6.61 Å². The molecule has 0 aliphatic heterocycles. The molecule has 18 heavy (non-hydrogen) atoms. The van der Waals surface area contributed by atoms with Gasteiger partial charge in [0.2, 0.25) is 11.6 Å². The molecule has 1 unspecified atom stereocenters. The van der Waals surface area contributed by atoms with Gasteiger partial charge in [0.05, 0.1) is 6.54 Å². The van der Waals surface area contributed by atoms with Crippen molar-refractivity contribution in [2.45, 2.75) is 31.9 Å². The second-order valence-electron chi connectivity index (χ2n) is 3.69. The molecular formula is C10H18N2O6. The van der Waals surface area contributed by atoms with Gasteiger partial charge >= 0.3 is 11.9 Å². The van der Waals surface area contributed by atoms with Crippen molar-refractivity contribution in [3.05, 3.63) is 0 Å². The smallest absolute Gasteiger partial charge is 0.360 e. The first-order valence-electron chi connectivity index (χ1n) is 5.48. The number of carbonyl (C=O) groups excluding carboxylic acids is 2. The number of hydrogen-bond donors (Lipinski definition) is 4. The molecule has 104 valence electrons. The molecule has 0 aromatic carbocycles. The molecule has 0 bridgehead atoms. The van der Waals surface area contributed by atoms with E-state index >= 15 is 0 Å². The zero-order valence-corrected chi connectivity index (χ0v) is 10.1. The molecule has 0 saturated carbocycles. The van der Waals surface area contributed by atoms with Crippen LogP contribution in [-0.4, -0.2) is 46.9 Å². The Balaban J connectivity index is 4.66. The van der Waals surface area contributed by atoms with E-state index in [1.54, 1.807) is 0 Å². The second kappa shape index (κ2) is 7.62. The van der Waals surface area contributed by atoms with E-state index in [1.165, 1.54) is 0 Å². The summed E-state index contributed by atoms with van der Waals surface area (Å²) in [4.78, 5) is 32.9. The van der Waals surface area contributed by atoms with Crippen LogP contribution in [0.15, 0.2) is 0 Å². The van der Waals surface area contributed by atoms with E-state index in [4.69, 9.17) is 10.8 Å². The number of carboxylic acid groups (broad SMARTS) is 1. The molecule has 5 N–H and O–H groups in total. The fourth-order valence-corrected chi connectivity index (χ4v) is 1.18. The lowest BCUT2D eigenvalue weighted by atomic mass is 10.1. The van der Waals surface area contributed by atoms with E-state index in [9.17, 15) is 19.5 Å². The van der Waals surface area contributed by atoms with E-state index in [1.807, 2.05) is 12.2 Å². The standard InChI is InChI=1S/C10H18N2O6/c1-2-3-4-10(17,12-7(13)5-11)9(16)18-6-8(14)15/h17H,2-6,11H2,1H3,(H,12,13)(H,14,15). The number of carboxylic acids is 1. The molecule has 0 aliphatic carbocycles. The van der Waals surface area contributed by atoms with E-state index < -0.39 is 36.7 Å². The maximum atomic E-state index is 11.5. The van der Waals surface area contributed by atoms with Gasteiger partial charge in [-0.15, -0.1) is 0 Å². The Hall–Kier alpha value is -1.67. The van der Waals surface area contributed by atoms with Crippen molar-refractivity contribution in [1.29, 1.82) is 0 Å². The molecule has 0 heterocycles. The van der Waals surface area contributed by atoms with Gasteiger partial charge in [0.1, 0.15) is 0 Å². The van der Waals surface area contributed by atoms with E-state index in [0.717, 1.165) is 0 Å². The van der Waals surface area contributed by atoms with Gasteiger partial charge in [0, 0.05) is 6.42 Å². The molecule has 1 amide bonds. The highest BCUT2D eigenvalue weighted by molar-refractivity contribution is 5.88. The van der Waals surface area contributed by atoms with Gasteiger partial charge in [0.25, 0.3) is 0 Å². The molecular weight excluding hydrogens is 244 g/mol. The molecule has 8 nitrogen and oxygen atoms in total. The molecule has 0 aliphatic rings. The third-order valence-corrected chi connectivity index (χ3v) is 2.09. The topological polar surface area (TPSA) is 139 Å². The summed E-state index contributed by atoms with van der Waals surface area (Å²) in [6.45, 7) is 0.542. The number of nitrogens with one attached hydrogen (secondary N) is 1. The average molecular weight is 262 g/mol. The van der Waals surface area contributed by atoms with Crippen LogP contribution in [0.1, 0.15) is 26.2 Å². The monoisotopic (exact) mass is 262 g/mol. The van der Waals surface area contributed by atoms with E-state index in [0.29, 0.717) is 12.8 Å². The Kier molecular flexibility index (Phi) is 6.91. The Morgan fingerprint density at radius 1 is 1.39 bits per heavy atom. The van der Waals surface area contributed by atoms with Crippen LogP contribution >= 0.6 is 0 Å². The van der Waals surface area contributed by atoms with Gasteiger partial charge in [-0.1, -0.05) is 13.3 Å². The van der Waals surface area contributed by atoms with Crippen LogP contribution < -0.4 is 11.1 Å². The van der Waals surface area contributed by atoms with Crippen LogP contribution in [0.2, 0.25) is 0 Å². The lowest BCUT2D eigenvalue weighted by molar-refractivity contribution is -0.176. The molecule has 0 saturated heterocycles. The number of hydrogen-bond acceptors (Lipinski definition) is 6. The molecule has 0 aromatic rings. The summed E-state index contributed by atoms with van der Waals surface area (Å²) in [5, 5.41) is 20.4. The zero-order valence-electron chi connectivity index (χ0n) is 10.1. The minimum atomic E-state index is -2.23. The van der Waals surface area contributed by atoms with Gasteiger partial charge < -0.3 is 26.0 Å². The number of ether oxygens (including phenoxy) is 1. The van der Waals surface area contributed by atoms with Crippen LogP contribution in [0.5, 0.6) is 0 Å². The van der Waals surface area contributed by atoms with Crippen molar-refractivity contribution in [2.75, 3.05) is 13.2 Å². The van der Waals surface area contributed by atoms with Gasteiger partial charge in [-0.2, -0.15) is 0 Å². The predicted octanol–water partition coefficient (Wildman–Crippen LogP) is -1.43. The Morgan fingerprint density at radius 3 is 2.44 bits per heavy atom. The maximum Gasteiger partial charge on any atom is 0.360 e. The molecule has 0 spiro atoms. The highest BCUT2D eigenvalue weighted by atomic mass is 16.6. The minimum absolute atomic E-state index is 0.0757. The minimum Gasteiger partial charge on any atom is -0.479 e. The molecule has 0 rings (SSSR count). The first-order valence-corrected chi connectivity index (χ1v) is 5.48. The van der Waals surface area contributed by atoms with Crippen molar-refractivity contribution in [3.8, 4) is 0 Å². The van der Waals surface area contributed by atoms with Crippen molar-refractivity contribution in [2.24, 2.45) is 5.73 Å². The third-order valence-electron chi connectivity index (χ3n) is 2.09. The Morgan fingerprint density at radius 2 is 2.00 bits per heavy atom. The Bertz CT molecular complexity index is 319. The number of amides is 1. The Labute approximate surface area is 104 Å². The third kappa shape index (κ3) is 5.60. The number of rotatable bonds is 8. The number of aliphatic carboxylic acids is 1. The van der Waals surface area contributed by atoms with Crippen LogP contribution in [0.25, 0.3) is 0 Å². The highest BCUT2D eigenvalue weighted by Gasteiger charge is 2.38. The van der Waals surface area contributed by atoms with Gasteiger partial charge in [-0.3, -0.25) is 4.79 Å². The van der Waals surface area contributed by atoms with Crippen LogP contribution in [0, 0.1) is 0 Å². The second-order valence-corrected chi connectivity index (χ2v) is 3.69. The van der Waals surface area contributed by atoms with Crippen LogP contribution in [0.3, 0.4) is 0 Å². The first kappa shape index (κ1) is 16.3. The summed E-state index contributed by atoms with van der Waals surface area (Å²) >= 11 is 0. The number of nitrogens with two attached hydrogens (primary N) is 1. The summed E-state index contributed by atoms with van der Waals surface area (Å²) < 4.78 is 4.37. The van der Waals surface area contributed by atoms with E-state index in [2.05, 4.69) is 4.74 Å².